The van der Waals surface area contributed by atoms with E-state index >= 15 is 0 Å². The molecular formula is C16H16N6S. The van der Waals surface area contributed by atoms with Crippen LogP contribution in [-0.4, -0.2) is 19.7 Å². The quantitative estimate of drug-likeness (QED) is 0.695. The molecule has 2 N–H and O–H groups in total. The highest BCUT2D eigenvalue weighted by Gasteiger charge is 2.22. The summed E-state index contributed by atoms with van der Waals surface area (Å²) in [6.07, 6.45) is 7.37. The molecule has 0 fully saturated rings. The molecule has 0 radical (unpaired) electrons. The Morgan fingerprint density at radius 1 is 1.26 bits per heavy atom. The fourth-order valence-corrected chi connectivity index (χ4v) is 4.48. The summed E-state index contributed by atoms with van der Waals surface area (Å²) in [5.74, 6) is 1.04. The normalized spacial score (nSPS) is 14.4. The maximum atomic E-state index is 9.25. The van der Waals surface area contributed by atoms with Crippen LogP contribution in [0.2, 0.25) is 0 Å². The minimum Gasteiger partial charge on any atom is -0.382 e. The van der Waals surface area contributed by atoms with Crippen molar-refractivity contribution in [3.8, 4) is 11.9 Å². The second-order valence-corrected chi connectivity index (χ2v) is 6.89. The van der Waals surface area contributed by atoms with E-state index in [1.54, 1.807) is 29.3 Å². The summed E-state index contributed by atoms with van der Waals surface area (Å²) in [4.78, 5) is 11.3. The van der Waals surface area contributed by atoms with Gasteiger partial charge in [0.1, 0.15) is 28.6 Å². The Labute approximate surface area is 137 Å². The monoisotopic (exact) mass is 324 g/mol. The lowest BCUT2D eigenvalue weighted by molar-refractivity contribution is 0.713. The van der Waals surface area contributed by atoms with E-state index in [1.807, 2.05) is 0 Å². The fraction of sp³-hybridized carbons (Fsp3) is 0.375. The SMILES string of the molecule is Cc1nn(-c2ncnc3sc4c(c23)CCCCC4)c(N)c1C#N. The molecule has 0 saturated carbocycles. The van der Waals surface area contributed by atoms with Gasteiger partial charge >= 0.3 is 0 Å². The van der Waals surface area contributed by atoms with E-state index in [9.17, 15) is 5.26 Å². The number of hydrogen-bond acceptors (Lipinski definition) is 6. The summed E-state index contributed by atoms with van der Waals surface area (Å²) in [6, 6.07) is 2.12. The van der Waals surface area contributed by atoms with Crippen molar-refractivity contribution >= 4 is 27.4 Å². The number of nitriles is 1. The van der Waals surface area contributed by atoms with E-state index < -0.39 is 0 Å². The average Bonchev–Trinajstić information content (AvgIpc) is 2.94. The minimum absolute atomic E-state index is 0.346. The smallest absolute Gasteiger partial charge is 0.168 e. The summed E-state index contributed by atoms with van der Waals surface area (Å²) < 4.78 is 1.59. The molecule has 7 heteroatoms. The average molecular weight is 324 g/mol. The molecule has 0 spiro atoms. The Hall–Kier alpha value is -2.46. The first-order valence-electron chi connectivity index (χ1n) is 7.71. The van der Waals surface area contributed by atoms with Crippen LogP contribution in [0.15, 0.2) is 6.33 Å². The summed E-state index contributed by atoms with van der Waals surface area (Å²) >= 11 is 1.75. The van der Waals surface area contributed by atoms with E-state index in [2.05, 4.69) is 21.1 Å². The van der Waals surface area contributed by atoms with Crippen molar-refractivity contribution in [3.63, 3.8) is 0 Å². The highest BCUT2D eigenvalue weighted by atomic mass is 32.1. The van der Waals surface area contributed by atoms with Crippen molar-refractivity contribution in [2.75, 3.05) is 5.73 Å². The lowest BCUT2D eigenvalue weighted by atomic mass is 10.1. The van der Waals surface area contributed by atoms with Crippen LogP contribution in [0, 0.1) is 18.3 Å². The van der Waals surface area contributed by atoms with Gasteiger partial charge in [0.25, 0.3) is 0 Å². The third-order valence-electron chi connectivity index (χ3n) is 4.39. The van der Waals surface area contributed by atoms with Crippen molar-refractivity contribution in [3.05, 3.63) is 28.0 Å². The molecule has 1 aliphatic carbocycles. The molecule has 3 aromatic rings. The Kier molecular flexibility index (Phi) is 3.27. The third-order valence-corrected chi connectivity index (χ3v) is 5.59. The van der Waals surface area contributed by atoms with E-state index in [0.29, 0.717) is 22.9 Å². The number of thiophene rings is 1. The zero-order valence-electron chi connectivity index (χ0n) is 12.8. The van der Waals surface area contributed by atoms with Crippen LogP contribution in [0.3, 0.4) is 0 Å². The lowest BCUT2D eigenvalue weighted by Gasteiger charge is -2.06. The standard InChI is InChI=1S/C16H16N6S/c1-9-11(7-17)14(18)22(21-9)15-13-10-5-3-2-4-6-12(10)23-16(13)20-8-19-15/h8H,2-6,18H2,1H3. The number of aryl methyl sites for hydroxylation is 3. The molecular weight excluding hydrogens is 308 g/mol. The van der Waals surface area contributed by atoms with Gasteiger partial charge in [0.15, 0.2) is 5.82 Å². The summed E-state index contributed by atoms with van der Waals surface area (Å²) in [5.41, 5.74) is 8.51. The van der Waals surface area contributed by atoms with Crippen LogP contribution >= 0.6 is 11.3 Å². The maximum Gasteiger partial charge on any atom is 0.168 e. The van der Waals surface area contributed by atoms with Gasteiger partial charge in [0.2, 0.25) is 0 Å². The molecule has 6 nitrogen and oxygen atoms in total. The minimum atomic E-state index is 0.346. The van der Waals surface area contributed by atoms with E-state index in [0.717, 1.165) is 23.1 Å². The number of aromatic nitrogens is 4. The van der Waals surface area contributed by atoms with Crippen molar-refractivity contribution in [2.24, 2.45) is 0 Å². The van der Waals surface area contributed by atoms with E-state index in [4.69, 9.17) is 5.73 Å². The molecule has 0 aliphatic heterocycles. The lowest BCUT2D eigenvalue weighted by Crippen LogP contribution is -2.06. The van der Waals surface area contributed by atoms with Crippen molar-refractivity contribution in [1.29, 1.82) is 5.26 Å². The van der Waals surface area contributed by atoms with Gasteiger partial charge in [-0.3, -0.25) is 0 Å². The number of hydrogen-bond donors (Lipinski definition) is 1. The van der Waals surface area contributed by atoms with Crippen LogP contribution in [0.25, 0.3) is 16.0 Å². The largest absolute Gasteiger partial charge is 0.382 e. The van der Waals surface area contributed by atoms with Gasteiger partial charge in [-0.1, -0.05) is 6.42 Å². The molecule has 0 amide bonds. The molecule has 0 bridgehead atoms. The molecule has 1 aliphatic rings. The number of nitrogens with two attached hydrogens (primary N) is 1. The maximum absolute atomic E-state index is 9.25. The second kappa shape index (κ2) is 5.32. The summed E-state index contributed by atoms with van der Waals surface area (Å²) in [6.45, 7) is 1.79. The van der Waals surface area contributed by atoms with E-state index in [1.165, 1.54) is 29.7 Å². The summed E-state index contributed by atoms with van der Waals surface area (Å²) in [7, 11) is 0. The number of nitrogen functional groups attached to an aromatic ring is 1. The molecule has 0 atom stereocenters. The first kappa shape index (κ1) is 14.2. The van der Waals surface area contributed by atoms with Crippen LogP contribution < -0.4 is 5.73 Å². The number of rotatable bonds is 1. The number of fused-ring (bicyclic) bond motifs is 3. The Morgan fingerprint density at radius 2 is 2.09 bits per heavy atom. The van der Waals surface area contributed by atoms with Gasteiger partial charge in [0, 0.05) is 4.88 Å². The molecule has 4 rings (SSSR count). The number of anilines is 1. The van der Waals surface area contributed by atoms with Crippen LogP contribution in [0.1, 0.15) is 41.0 Å². The highest BCUT2D eigenvalue weighted by molar-refractivity contribution is 7.18. The molecule has 3 heterocycles. The molecule has 0 unspecified atom stereocenters. The molecule has 3 aromatic heterocycles. The van der Waals surface area contributed by atoms with Gasteiger partial charge in [-0.05, 0) is 38.2 Å². The van der Waals surface area contributed by atoms with E-state index in [-0.39, 0.29) is 0 Å². The molecule has 0 aromatic carbocycles. The Bertz CT molecular complexity index is 946. The number of nitrogens with zero attached hydrogens (tertiary/aromatic N) is 5. The zero-order valence-corrected chi connectivity index (χ0v) is 13.7. The van der Waals surface area contributed by atoms with Crippen molar-refractivity contribution in [2.45, 2.75) is 39.0 Å². The predicted molar refractivity (Wildman–Crippen MR) is 89.7 cm³/mol. The first-order chi connectivity index (χ1) is 11.2. The first-order valence-corrected chi connectivity index (χ1v) is 8.53. The molecule has 0 saturated heterocycles. The van der Waals surface area contributed by atoms with Gasteiger partial charge in [-0.2, -0.15) is 15.0 Å². The second-order valence-electron chi connectivity index (χ2n) is 5.81. The Morgan fingerprint density at radius 3 is 2.87 bits per heavy atom. The predicted octanol–water partition coefficient (Wildman–Crippen LogP) is 2.91. The summed E-state index contributed by atoms with van der Waals surface area (Å²) in [5, 5.41) is 14.7. The van der Waals surface area contributed by atoms with Gasteiger partial charge in [-0.15, -0.1) is 11.3 Å². The van der Waals surface area contributed by atoms with Gasteiger partial charge in [0.05, 0.1) is 11.1 Å². The molecule has 23 heavy (non-hydrogen) atoms. The van der Waals surface area contributed by atoms with Crippen LogP contribution in [0.4, 0.5) is 5.82 Å². The van der Waals surface area contributed by atoms with Crippen LogP contribution in [0.5, 0.6) is 0 Å². The third kappa shape index (κ3) is 2.10. The molecule has 116 valence electrons. The van der Waals surface area contributed by atoms with Gasteiger partial charge in [-0.25, -0.2) is 9.97 Å². The zero-order chi connectivity index (χ0) is 16.0. The van der Waals surface area contributed by atoms with Gasteiger partial charge < -0.3 is 5.73 Å². The highest BCUT2D eigenvalue weighted by Crippen LogP contribution is 2.37. The topological polar surface area (TPSA) is 93.4 Å². The van der Waals surface area contributed by atoms with Crippen molar-refractivity contribution < 1.29 is 0 Å². The van der Waals surface area contributed by atoms with Crippen LogP contribution in [-0.2, 0) is 12.8 Å². The Balaban J connectivity index is 2.01. The fourth-order valence-electron chi connectivity index (χ4n) is 3.26. The van der Waals surface area contributed by atoms with Crippen molar-refractivity contribution in [1.82, 2.24) is 19.7 Å².